The molecule has 0 radical (unpaired) electrons. The van der Waals surface area contributed by atoms with E-state index in [0.29, 0.717) is 19.1 Å². The second-order valence-electron chi connectivity index (χ2n) is 8.16. The van der Waals surface area contributed by atoms with E-state index in [2.05, 4.69) is 20.4 Å². The van der Waals surface area contributed by atoms with Gasteiger partial charge in [-0.25, -0.2) is 4.79 Å². The lowest BCUT2D eigenvalue weighted by atomic mass is 10.0. The highest BCUT2D eigenvalue weighted by molar-refractivity contribution is 5.77. The van der Waals surface area contributed by atoms with Crippen LogP contribution in [0.15, 0.2) is 6.20 Å². The van der Waals surface area contributed by atoms with E-state index in [1.807, 2.05) is 16.0 Å². The lowest BCUT2D eigenvalue weighted by molar-refractivity contribution is -0.140. The first-order valence-electron chi connectivity index (χ1n) is 10.8. The third-order valence-electron chi connectivity index (χ3n) is 6.36. The van der Waals surface area contributed by atoms with Crippen LogP contribution in [0.4, 0.5) is 4.79 Å². The second kappa shape index (κ2) is 9.13. The molecule has 9 heteroatoms. The van der Waals surface area contributed by atoms with Gasteiger partial charge in [-0.3, -0.25) is 9.48 Å². The predicted molar refractivity (Wildman–Crippen MR) is 107 cm³/mol. The molecule has 1 aromatic heterocycles. The van der Waals surface area contributed by atoms with Gasteiger partial charge in [0.05, 0.1) is 24.9 Å². The zero-order valence-electron chi connectivity index (χ0n) is 17.2. The Labute approximate surface area is 171 Å². The molecule has 4 heterocycles. The van der Waals surface area contributed by atoms with E-state index in [4.69, 9.17) is 4.74 Å². The van der Waals surface area contributed by atoms with Gasteiger partial charge in [-0.2, -0.15) is 5.10 Å². The molecule has 1 aromatic rings. The summed E-state index contributed by atoms with van der Waals surface area (Å²) < 4.78 is 7.97. The summed E-state index contributed by atoms with van der Waals surface area (Å²) in [7, 11) is 1.66. The van der Waals surface area contributed by atoms with Crippen LogP contribution in [0.1, 0.15) is 43.0 Å². The molecule has 0 aliphatic carbocycles. The van der Waals surface area contributed by atoms with Crippen LogP contribution >= 0.6 is 0 Å². The summed E-state index contributed by atoms with van der Waals surface area (Å²) in [5.41, 5.74) is 2.37. The molecule has 4 rings (SSSR count). The van der Waals surface area contributed by atoms with Crippen molar-refractivity contribution < 1.29 is 14.3 Å². The van der Waals surface area contributed by atoms with Crippen molar-refractivity contribution in [2.24, 2.45) is 0 Å². The highest BCUT2D eigenvalue weighted by Gasteiger charge is 2.29. The van der Waals surface area contributed by atoms with Gasteiger partial charge in [0.15, 0.2) is 0 Å². The van der Waals surface area contributed by atoms with Crippen LogP contribution in [0.3, 0.4) is 0 Å². The molecule has 0 saturated carbocycles. The van der Waals surface area contributed by atoms with Crippen molar-refractivity contribution in [1.82, 2.24) is 30.2 Å². The average molecular weight is 405 g/mol. The molecular weight excluding hydrogens is 372 g/mol. The van der Waals surface area contributed by atoms with E-state index >= 15 is 0 Å². The summed E-state index contributed by atoms with van der Waals surface area (Å²) in [6.07, 6.45) is 6.72. The van der Waals surface area contributed by atoms with Gasteiger partial charge in [-0.15, -0.1) is 0 Å². The molecule has 29 heavy (non-hydrogen) atoms. The van der Waals surface area contributed by atoms with Gasteiger partial charge in [0.2, 0.25) is 5.91 Å². The second-order valence-corrected chi connectivity index (χ2v) is 8.16. The number of hydrogen-bond acceptors (Lipinski definition) is 5. The summed E-state index contributed by atoms with van der Waals surface area (Å²) in [6.45, 7) is 4.96. The molecule has 2 saturated heterocycles. The molecule has 0 bridgehead atoms. The van der Waals surface area contributed by atoms with E-state index in [9.17, 15) is 9.59 Å². The van der Waals surface area contributed by atoms with E-state index in [1.165, 1.54) is 5.69 Å². The number of ether oxygens (including phenoxy) is 1. The third-order valence-corrected chi connectivity index (χ3v) is 6.36. The van der Waals surface area contributed by atoms with E-state index < -0.39 is 0 Å². The Morgan fingerprint density at radius 1 is 1.17 bits per heavy atom. The maximum absolute atomic E-state index is 12.5. The van der Waals surface area contributed by atoms with Gasteiger partial charge in [-0.1, -0.05) is 0 Å². The SMILES string of the molecule is CNC(=O)N1CCc2c(cnn2C2CCN(C(=O)COC3CCNCC3)CC2)C1. The molecule has 3 amide bonds. The van der Waals surface area contributed by atoms with Gasteiger partial charge >= 0.3 is 6.03 Å². The number of nitrogens with one attached hydrogen (secondary N) is 2. The Balaban J connectivity index is 1.27. The smallest absolute Gasteiger partial charge is 0.317 e. The summed E-state index contributed by atoms with van der Waals surface area (Å²) in [4.78, 5) is 28.1. The standard InChI is InChI=1S/C20H32N6O3/c1-21-20(28)25-11-6-18-15(13-25)12-23-26(18)16-4-9-24(10-5-16)19(27)14-29-17-2-7-22-8-3-17/h12,16-17,22H,2-11,13-14H2,1H3,(H,21,28). The Hall–Kier alpha value is -2.13. The molecule has 9 nitrogen and oxygen atoms in total. The van der Waals surface area contributed by atoms with E-state index in [-0.39, 0.29) is 24.6 Å². The average Bonchev–Trinajstić information content (AvgIpc) is 3.21. The number of rotatable bonds is 4. The fourth-order valence-electron chi connectivity index (χ4n) is 4.60. The van der Waals surface area contributed by atoms with Crippen LogP contribution in [-0.4, -0.2) is 84.0 Å². The van der Waals surface area contributed by atoms with Crippen LogP contribution in [0.25, 0.3) is 0 Å². The Morgan fingerprint density at radius 3 is 2.66 bits per heavy atom. The van der Waals surface area contributed by atoms with Gasteiger partial charge in [0.25, 0.3) is 0 Å². The minimum Gasteiger partial charge on any atom is -0.368 e. The first-order chi connectivity index (χ1) is 14.2. The Kier molecular flexibility index (Phi) is 6.34. The number of urea groups is 1. The number of carbonyl (C=O) groups excluding carboxylic acids is 2. The number of carbonyl (C=O) groups is 2. The summed E-state index contributed by atoms with van der Waals surface area (Å²) in [5.74, 6) is 0.102. The molecule has 2 N–H and O–H groups in total. The number of likely N-dealkylation sites (tertiary alicyclic amines) is 1. The van der Waals surface area contributed by atoms with Gasteiger partial charge in [0.1, 0.15) is 6.61 Å². The summed E-state index contributed by atoms with van der Waals surface area (Å²) in [6, 6.07) is 0.279. The molecule has 0 atom stereocenters. The number of aromatic nitrogens is 2. The molecule has 0 aromatic carbocycles. The summed E-state index contributed by atoms with van der Waals surface area (Å²) >= 11 is 0. The monoisotopic (exact) mass is 404 g/mol. The van der Waals surface area contributed by atoms with Crippen molar-refractivity contribution in [3.05, 3.63) is 17.5 Å². The molecule has 0 unspecified atom stereocenters. The topological polar surface area (TPSA) is 91.7 Å². The van der Waals surface area contributed by atoms with Crippen molar-refractivity contribution in [1.29, 1.82) is 0 Å². The van der Waals surface area contributed by atoms with Crippen LogP contribution < -0.4 is 10.6 Å². The molecule has 3 aliphatic heterocycles. The predicted octanol–water partition coefficient (Wildman–Crippen LogP) is 0.513. The van der Waals surface area contributed by atoms with Crippen LogP contribution in [-0.2, 0) is 22.5 Å². The van der Waals surface area contributed by atoms with E-state index in [1.54, 1.807) is 7.05 Å². The third kappa shape index (κ3) is 4.56. The molecular formula is C20H32N6O3. The van der Waals surface area contributed by atoms with Crippen LogP contribution in [0.2, 0.25) is 0 Å². The van der Waals surface area contributed by atoms with Crippen LogP contribution in [0.5, 0.6) is 0 Å². The normalized spacial score (nSPS) is 21.1. The largest absolute Gasteiger partial charge is 0.368 e. The van der Waals surface area contributed by atoms with Crippen molar-refractivity contribution >= 4 is 11.9 Å². The quantitative estimate of drug-likeness (QED) is 0.763. The number of amides is 3. The minimum atomic E-state index is -0.0399. The maximum atomic E-state index is 12.5. The van der Waals surface area contributed by atoms with Crippen molar-refractivity contribution in [2.45, 2.75) is 50.8 Å². The maximum Gasteiger partial charge on any atom is 0.317 e. The molecule has 160 valence electrons. The number of hydrogen-bond donors (Lipinski definition) is 2. The Bertz CT molecular complexity index is 722. The zero-order chi connectivity index (χ0) is 20.2. The molecule has 0 spiro atoms. The van der Waals surface area contributed by atoms with Crippen molar-refractivity contribution in [3.8, 4) is 0 Å². The number of nitrogens with zero attached hydrogens (tertiary/aromatic N) is 4. The van der Waals surface area contributed by atoms with Gasteiger partial charge in [-0.05, 0) is 38.8 Å². The summed E-state index contributed by atoms with van der Waals surface area (Å²) in [5, 5.41) is 10.6. The van der Waals surface area contributed by atoms with Gasteiger partial charge < -0.3 is 25.2 Å². The number of piperidine rings is 2. The highest BCUT2D eigenvalue weighted by atomic mass is 16.5. The molecule has 2 fully saturated rings. The van der Waals surface area contributed by atoms with E-state index in [0.717, 1.165) is 63.8 Å². The first kappa shape index (κ1) is 20.2. The fraction of sp³-hybridized carbons (Fsp3) is 0.750. The number of fused-ring (bicyclic) bond motifs is 1. The lowest BCUT2D eigenvalue weighted by Crippen LogP contribution is -2.43. The van der Waals surface area contributed by atoms with Crippen molar-refractivity contribution in [3.63, 3.8) is 0 Å². The fourth-order valence-corrected chi connectivity index (χ4v) is 4.60. The minimum absolute atomic E-state index is 0.0399. The van der Waals surface area contributed by atoms with Crippen LogP contribution in [0, 0.1) is 0 Å². The van der Waals surface area contributed by atoms with Crippen molar-refractivity contribution in [2.75, 3.05) is 46.4 Å². The lowest BCUT2D eigenvalue weighted by Gasteiger charge is -2.34. The zero-order valence-corrected chi connectivity index (χ0v) is 17.2. The highest BCUT2D eigenvalue weighted by Crippen LogP contribution is 2.28. The van der Waals surface area contributed by atoms with Gasteiger partial charge in [0, 0.05) is 44.4 Å². The molecule has 3 aliphatic rings. The first-order valence-corrected chi connectivity index (χ1v) is 10.8. The Morgan fingerprint density at radius 2 is 1.93 bits per heavy atom.